The Labute approximate surface area is 211 Å². The SMILES string of the molecule is CCOC(=O)C1=C(C)N(c2cccc(C(F)(F)F)c2)C(=O)C(NCc2ccc(S(C)(=O)=O)cc2)C1=C=O. The molecule has 0 saturated carbocycles. The zero-order valence-corrected chi connectivity index (χ0v) is 20.9. The van der Waals surface area contributed by atoms with Crippen molar-refractivity contribution < 1.29 is 40.7 Å². The maximum Gasteiger partial charge on any atom is 0.416 e. The third-order valence-electron chi connectivity index (χ3n) is 5.61. The molecule has 1 unspecified atom stereocenters. The van der Waals surface area contributed by atoms with Gasteiger partial charge in [-0.25, -0.2) is 18.0 Å². The summed E-state index contributed by atoms with van der Waals surface area (Å²) in [5.74, 6) is -0.131. The first-order valence-electron chi connectivity index (χ1n) is 11.0. The number of carbonyl (C=O) groups is 2. The molecule has 1 atom stereocenters. The van der Waals surface area contributed by atoms with E-state index in [-0.39, 0.29) is 40.6 Å². The number of benzene rings is 2. The van der Waals surface area contributed by atoms with Gasteiger partial charge in [-0.3, -0.25) is 15.0 Å². The van der Waals surface area contributed by atoms with Crippen LogP contribution in [0.3, 0.4) is 0 Å². The lowest BCUT2D eigenvalue weighted by Gasteiger charge is -2.35. The lowest BCUT2D eigenvalue weighted by molar-refractivity contribution is -0.139. The van der Waals surface area contributed by atoms with E-state index in [9.17, 15) is 36.0 Å². The third kappa shape index (κ3) is 5.99. The number of alkyl halides is 3. The molecule has 3 rings (SSSR count). The first kappa shape index (κ1) is 27.9. The molecule has 0 radical (unpaired) electrons. The lowest BCUT2D eigenvalue weighted by atomic mass is 9.91. The van der Waals surface area contributed by atoms with E-state index in [1.807, 2.05) is 0 Å². The average Bonchev–Trinajstić information content (AvgIpc) is 2.82. The van der Waals surface area contributed by atoms with Crippen molar-refractivity contribution in [2.75, 3.05) is 17.8 Å². The third-order valence-corrected chi connectivity index (χ3v) is 6.73. The van der Waals surface area contributed by atoms with Crippen molar-refractivity contribution in [3.05, 3.63) is 76.5 Å². The van der Waals surface area contributed by atoms with Gasteiger partial charge in [0.05, 0.1) is 28.2 Å². The van der Waals surface area contributed by atoms with Crippen LogP contribution in [0.2, 0.25) is 0 Å². The molecule has 1 amide bonds. The molecule has 1 N–H and O–H groups in total. The summed E-state index contributed by atoms with van der Waals surface area (Å²) < 4.78 is 68.4. The number of ether oxygens (including phenoxy) is 1. The van der Waals surface area contributed by atoms with Crippen LogP contribution < -0.4 is 10.2 Å². The molecule has 1 aliphatic heterocycles. The number of allylic oxidation sites excluding steroid dienone is 1. The number of esters is 1. The molecule has 0 aliphatic carbocycles. The molecule has 12 heteroatoms. The highest BCUT2D eigenvalue weighted by molar-refractivity contribution is 7.90. The molecule has 37 heavy (non-hydrogen) atoms. The van der Waals surface area contributed by atoms with E-state index in [4.69, 9.17) is 4.74 Å². The van der Waals surface area contributed by atoms with Crippen LogP contribution in [0.1, 0.15) is 25.0 Å². The van der Waals surface area contributed by atoms with Gasteiger partial charge >= 0.3 is 12.1 Å². The van der Waals surface area contributed by atoms with Gasteiger partial charge in [-0.2, -0.15) is 13.2 Å². The molecule has 1 aliphatic rings. The molecule has 2 aromatic rings. The van der Waals surface area contributed by atoms with E-state index in [1.54, 1.807) is 5.94 Å². The highest BCUT2D eigenvalue weighted by Gasteiger charge is 2.42. The predicted molar refractivity (Wildman–Crippen MR) is 128 cm³/mol. The summed E-state index contributed by atoms with van der Waals surface area (Å²) in [5, 5.41) is 2.83. The van der Waals surface area contributed by atoms with E-state index in [1.165, 1.54) is 44.2 Å². The van der Waals surface area contributed by atoms with Gasteiger partial charge in [0, 0.05) is 24.2 Å². The highest BCUT2D eigenvalue weighted by atomic mass is 32.2. The molecule has 2 aromatic carbocycles. The van der Waals surface area contributed by atoms with Gasteiger partial charge in [-0.05, 0) is 49.7 Å². The first-order chi connectivity index (χ1) is 17.3. The van der Waals surface area contributed by atoms with Crippen molar-refractivity contribution in [2.24, 2.45) is 0 Å². The normalized spacial score (nSPS) is 16.6. The van der Waals surface area contributed by atoms with Crippen molar-refractivity contribution in [1.29, 1.82) is 0 Å². The monoisotopic (exact) mass is 536 g/mol. The second-order valence-electron chi connectivity index (χ2n) is 8.15. The van der Waals surface area contributed by atoms with Crippen LogP contribution in [0.15, 0.2) is 70.3 Å². The van der Waals surface area contributed by atoms with E-state index >= 15 is 0 Å². The van der Waals surface area contributed by atoms with Crippen molar-refractivity contribution in [2.45, 2.75) is 37.5 Å². The van der Waals surface area contributed by atoms with Gasteiger partial charge in [0.15, 0.2) is 9.84 Å². The summed E-state index contributed by atoms with van der Waals surface area (Å²) in [6, 6.07) is 8.29. The minimum Gasteiger partial charge on any atom is -0.462 e. The Kier molecular flexibility index (Phi) is 8.06. The summed E-state index contributed by atoms with van der Waals surface area (Å²) in [5.41, 5.74) is -1.35. The largest absolute Gasteiger partial charge is 0.462 e. The second kappa shape index (κ2) is 10.7. The zero-order valence-electron chi connectivity index (χ0n) is 20.0. The van der Waals surface area contributed by atoms with Gasteiger partial charge < -0.3 is 4.74 Å². The average molecular weight is 537 g/mol. The lowest BCUT2D eigenvalue weighted by Crippen LogP contribution is -2.52. The second-order valence-corrected chi connectivity index (χ2v) is 10.2. The number of hydrogen-bond acceptors (Lipinski definition) is 7. The summed E-state index contributed by atoms with van der Waals surface area (Å²) in [6.07, 6.45) is -3.63. The number of nitrogens with zero attached hydrogens (tertiary/aromatic N) is 1. The minimum absolute atomic E-state index is 0.0444. The maximum atomic E-state index is 13.5. The number of rotatable bonds is 7. The minimum atomic E-state index is -4.68. The Balaban J connectivity index is 2.06. The number of halogens is 3. The number of sulfone groups is 1. The van der Waals surface area contributed by atoms with Crippen LogP contribution in [0.5, 0.6) is 0 Å². The van der Waals surface area contributed by atoms with Crippen LogP contribution in [0.25, 0.3) is 0 Å². The smallest absolute Gasteiger partial charge is 0.416 e. The Morgan fingerprint density at radius 1 is 1.16 bits per heavy atom. The summed E-state index contributed by atoms with van der Waals surface area (Å²) >= 11 is 0. The fourth-order valence-electron chi connectivity index (χ4n) is 3.85. The highest BCUT2D eigenvalue weighted by Crippen LogP contribution is 2.36. The van der Waals surface area contributed by atoms with Crippen molar-refractivity contribution in [3.63, 3.8) is 0 Å². The summed E-state index contributed by atoms with van der Waals surface area (Å²) in [6.45, 7) is 2.76. The Bertz CT molecular complexity index is 1410. The van der Waals surface area contributed by atoms with Gasteiger partial charge in [0.1, 0.15) is 12.0 Å². The van der Waals surface area contributed by atoms with Gasteiger partial charge in [-0.1, -0.05) is 18.2 Å². The molecule has 0 aromatic heterocycles. The van der Waals surface area contributed by atoms with E-state index in [2.05, 4.69) is 5.32 Å². The van der Waals surface area contributed by atoms with Crippen LogP contribution >= 0.6 is 0 Å². The molecule has 1 heterocycles. The fraction of sp³-hybridized carbons (Fsp3) is 0.280. The molecule has 0 fully saturated rings. The van der Waals surface area contributed by atoms with Crippen LogP contribution in [0, 0.1) is 0 Å². The Morgan fingerprint density at radius 3 is 2.35 bits per heavy atom. The standard InChI is InChI=1S/C25H23F3N2O6S/c1-4-36-24(33)21-15(2)30(18-7-5-6-17(12-18)25(26,27)28)23(32)22(20(21)14-31)29-13-16-8-10-19(11-9-16)37(3,34)35/h5-12,22,29H,4,13H2,1-3H3. The molecule has 196 valence electrons. The van der Waals surface area contributed by atoms with Crippen molar-refractivity contribution >= 4 is 33.3 Å². The van der Waals surface area contributed by atoms with E-state index in [0.717, 1.165) is 29.4 Å². The number of amides is 1. The van der Waals surface area contributed by atoms with Crippen molar-refractivity contribution in [1.82, 2.24) is 5.32 Å². The fourth-order valence-corrected chi connectivity index (χ4v) is 4.48. The van der Waals surface area contributed by atoms with Crippen molar-refractivity contribution in [3.8, 4) is 0 Å². The van der Waals surface area contributed by atoms with Gasteiger partial charge in [-0.15, -0.1) is 0 Å². The predicted octanol–water partition coefficient (Wildman–Crippen LogP) is 3.21. The van der Waals surface area contributed by atoms with Crippen LogP contribution in [-0.2, 0) is 41.7 Å². The molecular formula is C25H23F3N2O6S. The molecule has 0 bridgehead atoms. The number of anilines is 1. The first-order valence-corrected chi connectivity index (χ1v) is 12.9. The molecular weight excluding hydrogens is 513 g/mol. The van der Waals surface area contributed by atoms with Gasteiger partial charge in [0.25, 0.3) is 5.91 Å². The van der Waals surface area contributed by atoms with E-state index in [0.29, 0.717) is 5.56 Å². The topological polar surface area (TPSA) is 110 Å². The quantitative estimate of drug-likeness (QED) is 0.428. The van der Waals surface area contributed by atoms with Gasteiger partial charge in [0.2, 0.25) is 0 Å². The van der Waals surface area contributed by atoms with Crippen LogP contribution in [-0.4, -0.2) is 45.1 Å². The Hall–Kier alpha value is -3.73. The number of nitrogens with one attached hydrogen (secondary N) is 1. The summed E-state index contributed by atoms with van der Waals surface area (Å²) in [7, 11) is -3.43. The van der Waals surface area contributed by atoms with E-state index < -0.39 is 39.5 Å². The summed E-state index contributed by atoms with van der Waals surface area (Å²) in [4.78, 5) is 39.2. The Morgan fingerprint density at radius 2 is 1.81 bits per heavy atom. The molecule has 0 saturated heterocycles. The molecule has 0 spiro atoms. The number of hydrogen-bond donors (Lipinski definition) is 1. The zero-order chi connectivity index (χ0) is 27.5. The molecule has 8 nitrogen and oxygen atoms in total. The number of carbonyl (C=O) groups excluding carboxylic acids is 3. The van der Waals surface area contributed by atoms with Crippen LogP contribution in [0.4, 0.5) is 18.9 Å². The maximum absolute atomic E-state index is 13.5.